The third-order valence-electron chi connectivity index (χ3n) is 2.41. The summed E-state index contributed by atoms with van der Waals surface area (Å²) in [5, 5.41) is 17.9. The molecule has 1 aromatic heterocycles. The molecule has 0 aliphatic carbocycles. The molecule has 0 bridgehead atoms. The Bertz CT molecular complexity index is 570. The van der Waals surface area contributed by atoms with E-state index in [9.17, 15) is 5.21 Å². The Labute approximate surface area is 93.4 Å². The van der Waals surface area contributed by atoms with Crippen LogP contribution in [0.25, 0.3) is 17.2 Å². The summed E-state index contributed by atoms with van der Waals surface area (Å²) in [6.45, 7) is 3.65. The van der Waals surface area contributed by atoms with Crippen LogP contribution in [0.2, 0.25) is 0 Å². The number of nitrogens with one attached hydrogen (secondary N) is 1. The second-order valence-corrected chi connectivity index (χ2v) is 3.40. The van der Waals surface area contributed by atoms with Crippen molar-refractivity contribution in [1.82, 2.24) is 4.73 Å². The lowest BCUT2D eigenvalue weighted by Gasteiger charge is -2.09. The monoisotopic (exact) mass is 212 g/mol. The van der Waals surface area contributed by atoms with Crippen LogP contribution in [0.1, 0.15) is 5.69 Å². The summed E-state index contributed by atoms with van der Waals surface area (Å²) in [6.07, 6.45) is 2.98. The summed E-state index contributed by atoms with van der Waals surface area (Å²) >= 11 is 0. The molecule has 0 saturated carbocycles. The van der Waals surface area contributed by atoms with Crippen LogP contribution in [-0.4, -0.2) is 9.94 Å². The summed E-state index contributed by atoms with van der Waals surface area (Å²) in [6, 6.07) is 11.1. The molecule has 0 radical (unpaired) electrons. The third-order valence-corrected chi connectivity index (χ3v) is 2.41. The Balaban J connectivity index is 2.78. The molecular weight excluding hydrogens is 200 g/mol. The van der Waals surface area contributed by atoms with Gasteiger partial charge in [0.2, 0.25) is 0 Å². The van der Waals surface area contributed by atoms with Gasteiger partial charge in [-0.2, -0.15) is 4.73 Å². The van der Waals surface area contributed by atoms with Crippen LogP contribution < -0.4 is 5.36 Å². The van der Waals surface area contributed by atoms with Gasteiger partial charge < -0.3 is 10.6 Å². The second-order valence-electron chi connectivity index (χ2n) is 3.40. The van der Waals surface area contributed by atoms with Crippen molar-refractivity contribution in [2.24, 2.45) is 0 Å². The number of hydrogen-bond acceptors (Lipinski definition) is 2. The predicted molar refractivity (Wildman–Crippen MR) is 63.0 cm³/mol. The molecule has 0 aliphatic rings. The molecular formula is C13H12N2O. The lowest BCUT2D eigenvalue weighted by Crippen LogP contribution is -2.11. The van der Waals surface area contributed by atoms with E-state index < -0.39 is 0 Å². The lowest BCUT2D eigenvalue weighted by atomic mass is 10.0. The minimum atomic E-state index is 0.367. The van der Waals surface area contributed by atoms with Gasteiger partial charge in [0.15, 0.2) is 0 Å². The average molecular weight is 212 g/mol. The van der Waals surface area contributed by atoms with Crippen molar-refractivity contribution in [3.63, 3.8) is 0 Å². The summed E-state index contributed by atoms with van der Waals surface area (Å²) in [5.74, 6) is 0. The Hall–Kier alpha value is -2.29. The van der Waals surface area contributed by atoms with Crippen LogP contribution in [0.5, 0.6) is 0 Å². The molecule has 2 rings (SSSR count). The quantitative estimate of drug-likeness (QED) is 0.738. The van der Waals surface area contributed by atoms with E-state index in [4.69, 9.17) is 5.41 Å². The van der Waals surface area contributed by atoms with Gasteiger partial charge in [0.25, 0.3) is 0 Å². The van der Waals surface area contributed by atoms with Crippen molar-refractivity contribution in [1.29, 1.82) is 5.41 Å². The zero-order valence-electron chi connectivity index (χ0n) is 8.72. The highest BCUT2D eigenvalue weighted by atomic mass is 16.5. The average Bonchev–Trinajstić information content (AvgIpc) is 2.33. The second kappa shape index (κ2) is 4.06. The Morgan fingerprint density at radius 3 is 2.50 bits per heavy atom. The highest BCUT2D eigenvalue weighted by Crippen LogP contribution is 2.19. The van der Waals surface area contributed by atoms with E-state index in [1.807, 2.05) is 30.3 Å². The molecule has 80 valence electrons. The molecule has 0 aliphatic heterocycles. The summed E-state index contributed by atoms with van der Waals surface area (Å²) in [4.78, 5) is 0. The molecule has 2 aromatic rings. The first kappa shape index (κ1) is 10.2. The van der Waals surface area contributed by atoms with Crippen molar-refractivity contribution in [2.45, 2.75) is 0 Å². The number of nitrogens with zero attached hydrogens (tertiary/aromatic N) is 1. The van der Waals surface area contributed by atoms with Gasteiger partial charge in [0, 0.05) is 11.8 Å². The smallest absolute Gasteiger partial charge is 0.0886 e. The van der Waals surface area contributed by atoms with Gasteiger partial charge in [0.05, 0.1) is 11.1 Å². The van der Waals surface area contributed by atoms with Gasteiger partial charge in [-0.05, 0) is 17.7 Å². The summed E-state index contributed by atoms with van der Waals surface area (Å²) in [5.41, 5.74) is 2.10. The molecule has 1 heterocycles. The van der Waals surface area contributed by atoms with Crippen molar-refractivity contribution in [2.75, 3.05) is 0 Å². The van der Waals surface area contributed by atoms with Crippen LogP contribution >= 0.6 is 0 Å². The standard InChI is InChI=1S/C13H12N2O/c1-2-12-13(10-6-4-3-5-7-10)11(14)8-9-15(12)16/h2-9,14,16H,1H2. The molecule has 0 atom stereocenters. The first-order valence-corrected chi connectivity index (χ1v) is 4.91. The molecule has 3 nitrogen and oxygen atoms in total. The molecule has 0 amide bonds. The highest BCUT2D eigenvalue weighted by molar-refractivity contribution is 5.72. The molecule has 2 N–H and O–H groups in total. The van der Waals surface area contributed by atoms with Crippen molar-refractivity contribution >= 4 is 6.08 Å². The number of pyridine rings is 1. The van der Waals surface area contributed by atoms with E-state index in [1.54, 1.807) is 12.1 Å². The van der Waals surface area contributed by atoms with Crippen molar-refractivity contribution < 1.29 is 5.21 Å². The predicted octanol–water partition coefficient (Wildman–Crippen LogP) is 2.51. The first-order valence-electron chi connectivity index (χ1n) is 4.91. The minimum Gasteiger partial charge on any atom is -0.428 e. The largest absolute Gasteiger partial charge is 0.428 e. The lowest BCUT2D eigenvalue weighted by molar-refractivity contribution is 0.182. The number of rotatable bonds is 2. The molecule has 3 heteroatoms. The molecule has 16 heavy (non-hydrogen) atoms. The number of benzene rings is 1. The SMILES string of the molecule is C=Cc1c(-c2ccccc2)c(=N)ccn1O. The zero-order valence-corrected chi connectivity index (χ0v) is 8.72. The zero-order chi connectivity index (χ0) is 11.5. The van der Waals surface area contributed by atoms with Gasteiger partial charge >= 0.3 is 0 Å². The molecule has 1 aromatic carbocycles. The van der Waals surface area contributed by atoms with Gasteiger partial charge in [-0.1, -0.05) is 36.9 Å². The van der Waals surface area contributed by atoms with E-state index in [-0.39, 0.29) is 0 Å². The van der Waals surface area contributed by atoms with Crippen molar-refractivity contribution in [3.8, 4) is 11.1 Å². The van der Waals surface area contributed by atoms with E-state index in [0.29, 0.717) is 16.6 Å². The van der Waals surface area contributed by atoms with Crippen LogP contribution in [0.3, 0.4) is 0 Å². The third kappa shape index (κ3) is 1.63. The maximum absolute atomic E-state index is 9.64. The topological polar surface area (TPSA) is 49.0 Å². The van der Waals surface area contributed by atoms with Gasteiger partial charge in [-0.3, -0.25) is 0 Å². The fourth-order valence-corrected chi connectivity index (χ4v) is 1.67. The summed E-state index contributed by atoms with van der Waals surface area (Å²) < 4.78 is 0.980. The van der Waals surface area contributed by atoms with Crippen LogP contribution in [0, 0.1) is 5.41 Å². The van der Waals surface area contributed by atoms with E-state index in [1.165, 1.54) is 6.20 Å². The van der Waals surface area contributed by atoms with Crippen LogP contribution in [0.4, 0.5) is 0 Å². The van der Waals surface area contributed by atoms with Crippen LogP contribution in [0.15, 0.2) is 49.2 Å². The minimum absolute atomic E-state index is 0.367. The van der Waals surface area contributed by atoms with E-state index >= 15 is 0 Å². The molecule has 0 unspecified atom stereocenters. The molecule has 0 fully saturated rings. The molecule has 0 saturated heterocycles. The maximum Gasteiger partial charge on any atom is 0.0886 e. The normalized spacial score (nSPS) is 10.0. The fraction of sp³-hybridized carbons (Fsp3) is 0. The van der Waals surface area contributed by atoms with Gasteiger partial charge in [0.1, 0.15) is 0 Å². The van der Waals surface area contributed by atoms with Gasteiger partial charge in [-0.15, -0.1) is 0 Å². The highest BCUT2D eigenvalue weighted by Gasteiger charge is 2.07. The van der Waals surface area contributed by atoms with E-state index in [0.717, 1.165) is 10.3 Å². The van der Waals surface area contributed by atoms with Crippen LogP contribution in [-0.2, 0) is 0 Å². The number of aromatic nitrogens is 1. The van der Waals surface area contributed by atoms with E-state index in [2.05, 4.69) is 6.58 Å². The Morgan fingerprint density at radius 1 is 1.19 bits per heavy atom. The Kier molecular flexibility index (Phi) is 2.60. The van der Waals surface area contributed by atoms with Crippen molar-refractivity contribution in [3.05, 3.63) is 60.2 Å². The fourth-order valence-electron chi connectivity index (χ4n) is 1.67. The maximum atomic E-state index is 9.64. The van der Waals surface area contributed by atoms with Gasteiger partial charge in [-0.25, -0.2) is 0 Å². The summed E-state index contributed by atoms with van der Waals surface area (Å²) in [7, 11) is 0. The first-order chi connectivity index (χ1) is 7.74. The Morgan fingerprint density at radius 2 is 1.88 bits per heavy atom. The number of hydrogen-bond donors (Lipinski definition) is 2. The molecule has 0 spiro atoms.